The van der Waals surface area contributed by atoms with Gasteiger partial charge >= 0.3 is 0 Å². The Hall–Kier alpha value is -1.88. The number of benzene rings is 2. The second-order valence-corrected chi connectivity index (χ2v) is 6.73. The highest BCUT2D eigenvalue weighted by Gasteiger charge is 2.20. The van der Waals surface area contributed by atoms with E-state index in [-0.39, 0.29) is 18.0 Å². The van der Waals surface area contributed by atoms with Gasteiger partial charge in [-0.2, -0.15) is 0 Å². The SMILES string of the molecule is O=C(CC1COCCN1)NC(Cc1ccc(Cl)cc1)c1ccccc1. The summed E-state index contributed by atoms with van der Waals surface area (Å²) in [5.74, 6) is 0.0332. The molecule has 5 heteroatoms. The summed E-state index contributed by atoms with van der Waals surface area (Å²) >= 11 is 5.97. The Morgan fingerprint density at radius 3 is 2.64 bits per heavy atom. The van der Waals surface area contributed by atoms with Crippen LogP contribution < -0.4 is 10.6 Å². The van der Waals surface area contributed by atoms with Crippen molar-refractivity contribution in [1.29, 1.82) is 0 Å². The van der Waals surface area contributed by atoms with E-state index >= 15 is 0 Å². The molecule has 25 heavy (non-hydrogen) atoms. The van der Waals surface area contributed by atoms with E-state index in [1.807, 2.05) is 54.6 Å². The maximum Gasteiger partial charge on any atom is 0.222 e. The topological polar surface area (TPSA) is 50.4 Å². The summed E-state index contributed by atoms with van der Waals surface area (Å²) in [5, 5.41) is 7.21. The van der Waals surface area contributed by atoms with E-state index in [1.54, 1.807) is 0 Å². The lowest BCUT2D eigenvalue weighted by atomic mass is 9.98. The van der Waals surface area contributed by atoms with Crippen LogP contribution in [0.2, 0.25) is 5.02 Å². The van der Waals surface area contributed by atoms with E-state index in [2.05, 4.69) is 10.6 Å². The van der Waals surface area contributed by atoms with Crippen LogP contribution in [0.25, 0.3) is 0 Å². The van der Waals surface area contributed by atoms with Gasteiger partial charge in [0.2, 0.25) is 5.91 Å². The summed E-state index contributed by atoms with van der Waals surface area (Å²) in [5.41, 5.74) is 2.23. The lowest BCUT2D eigenvalue weighted by molar-refractivity contribution is -0.123. The molecule has 1 saturated heterocycles. The third-order valence-electron chi connectivity index (χ3n) is 4.32. The van der Waals surface area contributed by atoms with Gasteiger partial charge in [0.25, 0.3) is 0 Å². The van der Waals surface area contributed by atoms with Gasteiger partial charge in [-0.1, -0.05) is 54.1 Å². The summed E-state index contributed by atoms with van der Waals surface area (Å²) < 4.78 is 5.42. The molecule has 1 aliphatic heterocycles. The standard InChI is InChI=1S/C20H23ClN2O2/c21-17-8-6-15(7-9-17)12-19(16-4-2-1-3-5-16)23-20(24)13-18-14-25-11-10-22-18/h1-9,18-19,22H,10-14H2,(H,23,24). The van der Waals surface area contributed by atoms with Crippen molar-refractivity contribution in [2.24, 2.45) is 0 Å². The van der Waals surface area contributed by atoms with Gasteiger partial charge in [0.05, 0.1) is 19.3 Å². The molecule has 0 bridgehead atoms. The molecule has 0 aromatic heterocycles. The number of halogens is 1. The van der Waals surface area contributed by atoms with Gasteiger partial charge in [-0.05, 0) is 29.7 Å². The molecule has 2 aromatic carbocycles. The van der Waals surface area contributed by atoms with Crippen LogP contribution in [0.4, 0.5) is 0 Å². The molecule has 2 atom stereocenters. The van der Waals surface area contributed by atoms with E-state index in [0.29, 0.717) is 24.7 Å². The van der Waals surface area contributed by atoms with Crippen LogP contribution in [0, 0.1) is 0 Å². The first-order chi connectivity index (χ1) is 12.2. The zero-order valence-corrected chi connectivity index (χ0v) is 14.8. The number of morpholine rings is 1. The molecule has 3 rings (SSSR count). The lowest BCUT2D eigenvalue weighted by Gasteiger charge is -2.25. The Balaban J connectivity index is 1.67. The number of ether oxygens (including phenoxy) is 1. The van der Waals surface area contributed by atoms with Crippen LogP contribution in [0.3, 0.4) is 0 Å². The first kappa shape index (κ1) is 17.9. The predicted octanol–water partition coefficient (Wildman–Crippen LogP) is 3.12. The highest BCUT2D eigenvalue weighted by Crippen LogP contribution is 2.20. The molecular weight excluding hydrogens is 336 g/mol. The molecule has 0 radical (unpaired) electrons. The minimum Gasteiger partial charge on any atom is -0.378 e. The smallest absolute Gasteiger partial charge is 0.222 e. The first-order valence-electron chi connectivity index (χ1n) is 8.60. The van der Waals surface area contributed by atoms with Crippen LogP contribution in [0.5, 0.6) is 0 Å². The maximum atomic E-state index is 12.5. The molecule has 132 valence electrons. The van der Waals surface area contributed by atoms with E-state index in [0.717, 1.165) is 24.1 Å². The largest absolute Gasteiger partial charge is 0.378 e. The third kappa shape index (κ3) is 5.56. The summed E-state index contributed by atoms with van der Waals surface area (Å²) in [6, 6.07) is 17.8. The van der Waals surface area contributed by atoms with Crippen molar-refractivity contribution in [3.05, 3.63) is 70.7 Å². The van der Waals surface area contributed by atoms with Crippen molar-refractivity contribution in [3.63, 3.8) is 0 Å². The normalized spacial score (nSPS) is 18.5. The maximum absolute atomic E-state index is 12.5. The van der Waals surface area contributed by atoms with Crippen LogP contribution >= 0.6 is 11.6 Å². The monoisotopic (exact) mass is 358 g/mol. The fourth-order valence-electron chi connectivity index (χ4n) is 3.02. The van der Waals surface area contributed by atoms with Crippen LogP contribution in [-0.2, 0) is 16.0 Å². The number of rotatable bonds is 6. The predicted molar refractivity (Wildman–Crippen MR) is 99.7 cm³/mol. The fourth-order valence-corrected chi connectivity index (χ4v) is 3.15. The molecule has 0 aliphatic carbocycles. The Morgan fingerprint density at radius 2 is 1.96 bits per heavy atom. The lowest BCUT2D eigenvalue weighted by Crippen LogP contribution is -2.44. The minimum absolute atomic E-state index is 0.0332. The Kier molecular flexibility index (Phi) is 6.45. The molecule has 2 unspecified atom stereocenters. The number of nitrogens with one attached hydrogen (secondary N) is 2. The number of hydrogen-bond donors (Lipinski definition) is 2. The van der Waals surface area contributed by atoms with Crippen LogP contribution in [-0.4, -0.2) is 31.7 Å². The highest BCUT2D eigenvalue weighted by molar-refractivity contribution is 6.30. The van der Waals surface area contributed by atoms with Crippen molar-refractivity contribution in [2.75, 3.05) is 19.8 Å². The Labute approximate surface area is 153 Å². The summed E-state index contributed by atoms with van der Waals surface area (Å²) in [6.45, 7) is 2.09. The van der Waals surface area contributed by atoms with Gasteiger partial charge in [-0.3, -0.25) is 4.79 Å². The molecule has 2 aromatic rings. The Morgan fingerprint density at radius 1 is 1.20 bits per heavy atom. The quantitative estimate of drug-likeness (QED) is 0.834. The first-order valence-corrected chi connectivity index (χ1v) is 8.98. The van der Waals surface area contributed by atoms with Crippen LogP contribution in [0.1, 0.15) is 23.6 Å². The van der Waals surface area contributed by atoms with Crippen molar-refractivity contribution >= 4 is 17.5 Å². The van der Waals surface area contributed by atoms with Gasteiger partial charge < -0.3 is 15.4 Å². The van der Waals surface area contributed by atoms with Crippen molar-refractivity contribution in [1.82, 2.24) is 10.6 Å². The molecule has 1 fully saturated rings. The van der Waals surface area contributed by atoms with Gasteiger partial charge in [0.1, 0.15) is 0 Å². The van der Waals surface area contributed by atoms with Gasteiger partial charge in [-0.25, -0.2) is 0 Å². The molecule has 1 aliphatic rings. The molecule has 0 saturated carbocycles. The molecule has 0 spiro atoms. The molecular formula is C20H23ClN2O2. The fraction of sp³-hybridized carbons (Fsp3) is 0.350. The summed E-state index contributed by atoms with van der Waals surface area (Å²) in [6.07, 6.45) is 1.14. The van der Waals surface area contributed by atoms with Crippen molar-refractivity contribution < 1.29 is 9.53 Å². The van der Waals surface area contributed by atoms with Crippen LogP contribution in [0.15, 0.2) is 54.6 Å². The minimum atomic E-state index is -0.0700. The van der Waals surface area contributed by atoms with Gasteiger partial charge in [-0.15, -0.1) is 0 Å². The number of carbonyl (C=O) groups is 1. The molecule has 4 nitrogen and oxygen atoms in total. The van der Waals surface area contributed by atoms with Gasteiger partial charge in [0.15, 0.2) is 0 Å². The number of carbonyl (C=O) groups excluding carboxylic acids is 1. The van der Waals surface area contributed by atoms with Crippen molar-refractivity contribution in [2.45, 2.75) is 24.9 Å². The second-order valence-electron chi connectivity index (χ2n) is 6.29. The number of hydrogen-bond acceptors (Lipinski definition) is 3. The number of amides is 1. The average Bonchev–Trinajstić information content (AvgIpc) is 2.64. The molecule has 1 heterocycles. The second kappa shape index (κ2) is 8.99. The van der Waals surface area contributed by atoms with E-state index in [4.69, 9.17) is 16.3 Å². The zero-order chi connectivity index (χ0) is 17.5. The summed E-state index contributed by atoms with van der Waals surface area (Å²) in [4.78, 5) is 12.5. The van der Waals surface area contributed by atoms with E-state index < -0.39 is 0 Å². The average molecular weight is 359 g/mol. The zero-order valence-electron chi connectivity index (χ0n) is 14.1. The third-order valence-corrected chi connectivity index (χ3v) is 4.57. The molecule has 1 amide bonds. The van der Waals surface area contributed by atoms with E-state index in [1.165, 1.54) is 0 Å². The summed E-state index contributed by atoms with van der Waals surface area (Å²) in [7, 11) is 0. The molecule has 2 N–H and O–H groups in total. The Bertz CT molecular complexity index is 670. The highest BCUT2D eigenvalue weighted by atomic mass is 35.5. The van der Waals surface area contributed by atoms with E-state index in [9.17, 15) is 4.79 Å². The van der Waals surface area contributed by atoms with Gasteiger partial charge in [0, 0.05) is 24.0 Å². The van der Waals surface area contributed by atoms with Crippen molar-refractivity contribution in [3.8, 4) is 0 Å².